The van der Waals surface area contributed by atoms with Crippen LogP contribution in [0, 0.1) is 11.6 Å². The number of aromatic hydroxyl groups is 1. The number of halogens is 2. The van der Waals surface area contributed by atoms with Crippen molar-refractivity contribution in [1.29, 1.82) is 0 Å². The highest BCUT2D eigenvalue weighted by molar-refractivity contribution is 7.45. The number of nitrogens with one attached hydrogen (secondary N) is 1. The number of hydrogen-bond acceptors (Lipinski definition) is 9. The van der Waals surface area contributed by atoms with E-state index in [0.717, 1.165) is 42.5 Å². The van der Waals surface area contributed by atoms with Crippen LogP contribution < -0.4 is 25.9 Å². The Hall–Kier alpha value is -5.63. The Labute approximate surface area is 256 Å². The molecule has 5 rings (SSSR count). The van der Waals surface area contributed by atoms with Crippen molar-refractivity contribution < 1.29 is 56.7 Å². The van der Waals surface area contributed by atoms with E-state index in [-0.39, 0.29) is 51.2 Å². The highest BCUT2D eigenvalue weighted by Crippen LogP contribution is 2.43. The van der Waals surface area contributed by atoms with E-state index in [1.807, 2.05) is 0 Å². The van der Waals surface area contributed by atoms with E-state index in [1.165, 1.54) is 24.3 Å². The monoisotopic (exact) mass is 653 g/mol. The normalized spacial score (nSPS) is 13.2. The van der Waals surface area contributed by atoms with Crippen molar-refractivity contribution in [3.8, 4) is 33.9 Å². The highest BCUT2D eigenvalue weighted by atomic mass is 31.2. The van der Waals surface area contributed by atoms with Crippen LogP contribution in [-0.2, 0) is 15.8 Å². The fraction of sp³-hybridized carbons (Fsp3) is 0.0667. The van der Waals surface area contributed by atoms with Crippen molar-refractivity contribution in [1.82, 2.24) is 5.32 Å². The molecule has 236 valence electrons. The quantitative estimate of drug-likeness (QED) is 0.115. The van der Waals surface area contributed by atoms with E-state index in [1.54, 1.807) is 0 Å². The molecule has 2 atom stereocenters. The zero-order chi connectivity index (χ0) is 33.5. The van der Waals surface area contributed by atoms with E-state index in [0.29, 0.717) is 5.56 Å². The molecule has 13 nitrogen and oxygen atoms in total. The first kappa shape index (κ1) is 31.8. The Bertz CT molecular complexity index is 2130. The zero-order valence-electron chi connectivity index (χ0n) is 23.0. The molecule has 1 aliphatic heterocycles. The van der Waals surface area contributed by atoms with E-state index in [4.69, 9.17) is 15.0 Å². The van der Waals surface area contributed by atoms with Crippen LogP contribution in [0.2, 0.25) is 0 Å². The first-order valence-electron chi connectivity index (χ1n) is 13.0. The molecule has 1 heterocycles. The minimum Gasteiger partial charge on any atom is -0.746 e. The molecule has 0 saturated heterocycles. The molecule has 3 aromatic rings. The van der Waals surface area contributed by atoms with Crippen molar-refractivity contribution in [2.75, 3.05) is 0 Å². The Kier molecular flexibility index (Phi) is 8.32. The molecule has 2 unspecified atom stereocenters. The number of phosphoric ester groups is 1. The fourth-order valence-electron chi connectivity index (χ4n) is 4.79. The molecule has 0 bridgehead atoms. The number of benzene rings is 4. The second kappa shape index (κ2) is 12.0. The number of carbonyl (C=O) groups excluding carboxylic acids is 2. The summed E-state index contributed by atoms with van der Waals surface area (Å²) in [5, 5.41) is 22.2. The number of phenolic OH excluding ortho intramolecular Hbond substituents is 1. The van der Waals surface area contributed by atoms with Gasteiger partial charge in [-0.15, -0.1) is 0 Å². The number of phenols is 1. The van der Waals surface area contributed by atoms with Gasteiger partial charge < -0.3 is 40.0 Å². The van der Waals surface area contributed by atoms with Gasteiger partial charge in [0, 0.05) is 40.6 Å². The lowest BCUT2D eigenvalue weighted by Gasteiger charge is -2.19. The topological polar surface area (TPSA) is 230 Å². The molecule has 1 aliphatic carbocycles. The summed E-state index contributed by atoms with van der Waals surface area (Å²) in [7, 11) is -5.06. The SMILES string of the molecule is NC(=O)C(Cc1ccc(OP(=O)([O-])O)cc1)NC(=O)c1ccc(C(=O)O)c(-c2c3cc(F)c(=O)cc-3oc3cc(O)c(F)cc23)c1. The molecule has 0 radical (unpaired) electrons. The third-order valence-electron chi connectivity index (χ3n) is 6.86. The molecular weight excluding hydrogens is 633 g/mol. The van der Waals surface area contributed by atoms with Gasteiger partial charge in [0.25, 0.3) is 5.91 Å². The van der Waals surface area contributed by atoms with Crippen molar-refractivity contribution in [2.45, 2.75) is 12.5 Å². The maximum Gasteiger partial charge on any atom is 0.336 e. The molecule has 46 heavy (non-hydrogen) atoms. The number of carbonyl (C=O) groups is 3. The molecule has 2 amide bonds. The lowest BCUT2D eigenvalue weighted by Crippen LogP contribution is -2.45. The predicted molar refractivity (Wildman–Crippen MR) is 154 cm³/mol. The summed E-state index contributed by atoms with van der Waals surface area (Å²) in [5.74, 6) is -6.97. The first-order chi connectivity index (χ1) is 21.6. The van der Waals surface area contributed by atoms with Crippen molar-refractivity contribution >= 4 is 36.6 Å². The van der Waals surface area contributed by atoms with Crippen LogP contribution in [0.4, 0.5) is 8.78 Å². The number of rotatable bonds is 9. The third-order valence-corrected chi connectivity index (χ3v) is 7.30. The van der Waals surface area contributed by atoms with Crippen LogP contribution >= 0.6 is 7.82 Å². The van der Waals surface area contributed by atoms with Gasteiger partial charge in [0.2, 0.25) is 11.3 Å². The number of primary amides is 1. The van der Waals surface area contributed by atoms with Crippen molar-refractivity contribution in [3.05, 3.63) is 105 Å². The number of carboxylic acid groups (broad SMARTS) is 1. The van der Waals surface area contributed by atoms with Crippen LogP contribution in [0.1, 0.15) is 26.3 Å². The number of nitrogens with two attached hydrogens (primary N) is 1. The van der Waals surface area contributed by atoms with Crippen molar-refractivity contribution in [3.63, 3.8) is 0 Å². The molecule has 2 aliphatic rings. The van der Waals surface area contributed by atoms with Gasteiger partial charge in [-0.05, 0) is 53.6 Å². The zero-order valence-corrected chi connectivity index (χ0v) is 23.9. The number of amides is 2. The minimum atomic E-state index is -5.06. The Balaban J connectivity index is 1.58. The molecule has 0 spiro atoms. The van der Waals surface area contributed by atoms with Gasteiger partial charge in [-0.1, -0.05) is 12.1 Å². The maximum atomic E-state index is 14.6. The number of hydrogen-bond donors (Lipinski definition) is 5. The average molecular weight is 653 g/mol. The minimum absolute atomic E-state index is 0.127. The Morgan fingerprint density at radius 2 is 1.70 bits per heavy atom. The fourth-order valence-corrected chi connectivity index (χ4v) is 5.18. The number of aromatic carboxylic acids is 1. The van der Waals surface area contributed by atoms with Gasteiger partial charge in [-0.25, -0.2) is 13.6 Å². The number of fused-ring (bicyclic) bond motifs is 2. The summed E-state index contributed by atoms with van der Waals surface area (Å²) in [6, 6.07) is 10.3. The van der Waals surface area contributed by atoms with Gasteiger partial charge in [-0.3, -0.25) is 18.9 Å². The van der Waals surface area contributed by atoms with Crippen molar-refractivity contribution in [2.24, 2.45) is 5.73 Å². The van der Waals surface area contributed by atoms with Gasteiger partial charge >= 0.3 is 13.8 Å². The average Bonchev–Trinajstić information content (AvgIpc) is 2.97. The maximum absolute atomic E-state index is 14.6. The lowest BCUT2D eigenvalue weighted by atomic mass is 9.89. The highest BCUT2D eigenvalue weighted by Gasteiger charge is 2.26. The molecule has 3 aromatic carbocycles. The molecule has 16 heteroatoms. The first-order valence-corrected chi connectivity index (χ1v) is 14.5. The van der Waals surface area contributed by atoms with E-state index in [9.17, 15) is 47.6 Å². The van der Waals surface area contributed by atoms with Gasteiger partial charge in [0.1, 0.15) is 23.1 Å². The summed E-state index contributed by atoms with van der Waals surface area (Å²) in [6.45, 7) is 0. The van der Waals surface area contributed by atoms with Gasteiger partial charge in [-0.2, -0.15) is 0 Å². The summed E-state index contributed by atoms with van der Waals surface area (Å²) in [6.07, 6.45) is -0.176. The predicted octanol–water partition coefficient (Wildman–Crippen LogP) is 2.91. The molecule has 6 N–H and O–H groups in total. The summed E-state index contributed by atoms with van der Waals surface area (Å²) < 4.78 is 50.0. The summed E-state index contributed by atoms with van der Waals surface area (Å²) in [4.78, 5) is 69.7. The Morgan fingerprint density at radius 1 is 1.00 bits per heavy atom. The standard InChI is InChI=1S/C30H21F2N2O11P/c31-20-9-18-25(11-23(20)35)44-26-12-24(36)21(32)10-19(26)27(18)17-8-14(3-6-16(17)30(39)40)29(38)34-22(28(33)37)7-13-1-4-15(5-2-13)45-46(41,42)43/h1-6,8-12,22,35H,7H2,(H2,33,37)(H,34,38)(H,39,40)(H2,41,42,43)/p-1. The van der Waals surface area contributed by atoms with Crippen LogP contribution in [0.3, 0.4) is 0 Å². The van der Waals surface area contributed by atoms with Crippen LogP contribution in [-0.4, -0.2) is 38.9 Å². The largest absolute Gasteiger partial charge is 0.746 e. The van der Waals surface area contributed by atoms with Gasteiger partial charge in [0.05, 0.1) is 5.56 Å². The molecule has 0 fully saturated rings. The lowest BCUT2D eigenvalue weighted by molar-refractivity contribution is -0.211. The Morgan fingerprint density at radius 3 is 2.33 bits per heavy atom. The third kappa shape index (κ3) is 6.56. The van der Waals surface area contributed by atoms with Crippen LogP contribution in [0.5, 0.6) is 11.5 Å². The molecule has 0 saturated carbocycles. The number of carboxylic acids is 1. The summed E-state index contributed by atoms with van der Waals surface area (Å²) in [5.41, 5.74) is 3.51. The van der Waals surface area contributed by atoms with Crippen LogP contribution in [0.25, 0.3) is 33.4 Å². The molecule has 0 aromatic heterocycles. The van der Waals surface area contributed by atoms with E-state index < -0.39 is 60.0 Å². The summed E-state index contributed by atoms with van der Waals surface area (Å²) >= 11 is 0. The van der Waals surface area contributed by atoms with Crippen LogP contribution in [0.15, 0.2) is 75.9 Å². The van der Waals surface area contributed by atoms with E-state index in [2.05, 4.69) is 9.84 Å². The van der Waals surface area contributed by atoms with Gasteiger partial charge in [0.15, 0.2) is 17.4 Å². The number of phosphoric acid groups is 1. The molecular formula is C30H20F2N2O11P-. The second-order valence-corrected chi connectivity index (χ2v) is 11.1. The smallest absolute Gasteiger partial charge is 0.336 e. The second-order valence-electron chi connectivity index (χ2n) is 9.96. The van der Waals surface area contributed by atoms with E-state index >= 15 is 0 Å².